The fourth-order valence-electron chi connectivity index (χ4n) is 1.69. The quantitative estimate of drug-likeness (QED) is 0.906. The van der Waals surface area contributed by atoms with Crippen LogP contribution in [0.3, 0.4) is 0 Å². The van der Waals surface area contributed by atoms with Gasteiger partial charge in [0.1, 0.15) is 17.3 Å². The molecule has 100 valence electrons. The van der Waals surface area contributed by atoms with Crippen LogP contribution in [0.1, 0.15) is 5.56 Å². The first-order valence-corrected chi connectivity index (χ1v) is 6.47. The molecule has 2 aromatic carbocycles. The second kappa shape index (κ2) is 6.24. The molecule has 0 unspecified atom stereocenters. The van der Waals surface area contributed by atoms with Gasteiger partial charge in [-0.1, -0.05) is 35.3 Å². The van der Waals surface area contributed by atoms with E-state index in [-0.39, 0.29) is 5.02 Å². The smallest absolute Gasteiger partial charge is 0.149 e. The molecule has 2 nitrogen and oxygen atoms in total. The molecule has 19 heavy (non-hydrogen) atoms. The Morgan fingerprint density at radius 3 is 2.58 bits per heavy atom. The molecule has 0 aliphatic rings. The van der Waals surface area contributed by atoms with E-state index in [1.807, 2.05) is 12.1 Å². The van der Waals surface area contributed by atoms with Crippen molar-refractivity contribution < 1.29 is 9.13 Å². The van der Waals surface area contributed by atoms with Gasteiger partial charge in [-0.3, -0.25) is 0 Å². The zero-order valence-corrected chi connectivity index (χ0v) is 11.5. The Kier molecular flexibility index (Phi) is 4.64. The molecule has 0 spiro atoms. The van der Waals surface area contributed by atoms with E-state index in [0.29, 0.717) is 29.5 Å². The lowest BCUT2D eigenvalue weighted by Gasteiger charge is -2.13. The third-order valence-corrected chi connectivity index (χ3v) is 3.16. The third-order valence-electron chi connectivity index (χ3n) is 2.57. The third kappa shape index (κ3) is 3.38. The van der Waals surface area contributed by atoms with Crippen molar-refractivity contribution in [1.29, 1.82) is 0 Å². The van der Waals surface area contributed by atoms with Gasteiger partial charge in [-0.15, -0.1) is 0 Å². The highest BCUT2D eigenvalue weighted by molar-refractivity contribution is 6.33. The summed E-state index contributed by atoms with van der Waals surface area (Å²) >= 11 is 12.0. The summed E-state index contributed by atoms with van der Waals surface area (Å²) in [5.41, 5.74) is 6.43. The highest BCUT2D eigenvalue weighted by Gasteiger charge is 2.11. The zero-order chi connectivity index (χ0) is 13.8. The monoisotopic (exact) mass is 299 g/mol. The lowest BCUT2D eigenvalue weighted by Crippen LogP contribution is -2.04. The molecule has 0 heterocycles. The average Bonchev–Trinajstić information content (AvgIpc) is 2.36. The number of hydrogen-bond donors (Lipinski definition) is 1. The van der Waals surface area contributed by atoms with Crippen LogP contribution in [0.4, 0.5) is 4.39 Å². The van der Waals surface area contributed by atoms with Crippen molar-refractivity contribution >= 4 is 23.2 Å². The van der Waals surface area contributed by atoms with Crippen molar-refractivity contribution in [2.24, 2.45) is 5.73 Å². The van der Waals surface area contributed by atoms with E-state index in [1.165, 1.54) is 18.2 Å². The van der Waals surface area contributed by atoms with Crippen molar-refractivity contribution in [3.05, 3.63) is 57.8 Å². The van der Waals surface area contributed by atoms with Crippen LogP contribution in [0.15, 0.2) is 36.4 Å². The van der Waals surface area contributed by atoms with Gasteiger partial charge in [-0.2, -0.15) is 0 Å². The van der Waals surface area contributed by atoms with E-state index in [2.05, 4.69) is 0 Å². The standard InChI is InChI=1S/C14H12Cl2FNO/c15-11-3-1-2-9(6-7-18)14(11)19-13-5-4-10(17)8-12(13)16/h1-5,8H,6-7,18H2. The molecule has 0 fully saturated rings. The van der Waals surface area contributed by atoms with Gasteiger partial charge in [0.2, 0.25) is 0 Å². The minimum atomic E-state index is -0.418. The zero-order valence-electron chi connectivity index (χ0n) is 10.00. The Bertz CT molecular complexity index is 590. The van der Waals surface area contributed by atoms with Gasteiger partial charge >= 0.3 is 0 Å². The number of benzene rings is 2. The number of para-hydroxylation sites is 1. The highest BCUT2D eigenvalue weighted by atomic mass is 35.5. The normalized spacial score (nSPS) is 10.5. The van der Waals surface area contributed by atoms with Crippen molar-refractivity contribution in [3.8, 4) is 11.5 Å². The van der Waals surface area contributed by atoms with Crippen LogP contribution in [-0.4, -0.2) is 6.54 Å². The molecule has 0 amide bonds. The predicted molar refractivity (Wildman–Crippen MR) is 75.7 cm³/mol. The van der Waals surface area contributed by atoms with Crippen LogP contribution in [-0.2, 0) is 6.42 Å². The van der Waals surface area contributed by atoms with Crippen LogP contribution in [0, 0.1) is 5.82 Å². The van der Waals surface area contributed by atoms with E-state index < -0.39 is 5.82 Å². The Hall–Kier alpha value is -1.29. The summed E-state index contributed by atoms with van der Waals surface area (Å²) in [6, 6.07) is 9.36. The number of rotatable bonds is 4. The molecular weight excluding hydrogens is 288 g/mol. The summed E-state index contributed by atoms with van der Waals surface area (Å²) in [7, 11) is 0. The number of ether oxygens (including phenoxy) is 1. The Labute approximate surface area is 120 Å². The summed E-state index contributed by atoms with van der Waals surface area (Å²) in [4.78, 5) is 0. The summed E-state index contributed by atoms with van der Waals surface area (Å²) in [6.07, 6.45) is 0.634. The molecule has 0 bridgehead atoms. The lowest BCUT2D eigenvalue weighted by molar-refractivity contribution is 0.475. The van der Waals surface area contributed by atoms with Gasteiger partial charge < -0.3 is 10.5 Å². The van der Waals surface area contributed by atoms with E-state index in [4.69, 9.17) is 33.7 Å². The molecule has 0 aliphatic heterocycles. The van der Waals surface area contributed by atoms with Gasteiger partial charge in [-0.25, -0.2) is 4.39 Å². The average molecular weight is 300 g/mol. The number of halogens is 3. The molecule has 2 aromatic rings. The van der Waals surface area contributed by atoms with Gasteiger partial charge in [0.25, 0.3) is 0 Å². The van der Waals surface area contributed by atoms with Crippen LogP contribution >= 0.6 is 23.2 Å². The number of nitrogens with two attached hydrogens (primary N) is 1. The Morgan fingerprint density at radius 1 is 1.11 bits per heavy atom. The van der Waals surface area contributed by atoms with Crippen LogP contribution < -0.4 is 10.5 Å². The molecule has 0 aliphatic carbocycles. The molecule has 0 saturated carbocycles. The molecule has 5 heteroatoms. The topological polar surface area (TPSA) is 35.2 Å². The van der Waals surface area contributed by atoms with Gasteiger partial charge in [0.15, 0.2) is 0 Å². The molecule has 0 atom stereocenters. The van der Waals surface area contributed by atoms with Crippen molar-refractivity contribution in [2.45, 2.75) is 6.42 Å². The van der Waals surface area contributed by atoms with Crippen molar-refractivity contribution in [3.63, 3.8) is 0 Å². The molecular formula is C14H12Cl2FNO. The first kappa shape index (κ1) is 14.1. The maximum atomic E-state index is 13.0. The first-order valence-electron chi connectivity index (χ1n) is 5.72. The summed E-state index contributed by atoms with van der Waals surface area (Å²) in [5, 5.41) is 0.657. The Balaban J connectivity index is 2.37. The van der Waals surface area contributed by atoms with Crippen molar-refractivity contribution in [1.82, 2.24) is 0 Å². The predicted octanol–water partition coefficient (Wildman–Crippen LogP) is 4.43. The van der Waals surface area contributed by atoms with Crippen LogP contribution in [0.2, 0.25) is 10.0 Å². The van der Waals surface area contributed by atoms with Crippen LogP contribution in [0.5, 0.6) is 11.5 Å². The SMILES string of the molecule is NCCc1cccc(Cl)c1Oc1ccc(F)cc1Cl. The van der Waals surface area contributed by atoms with Crippen LogP contribution in [0.25, 0.3) is 0 Å². The maximum Gasteiger partial charge on any atom is 0.149 e. The fraction of sp³-hybridized carbons (Fsp3) is 0.143. The van der Waals surface area contributed by atoms with Crippen molar-refractivity contribution in [2.75, 3.05) is 6.54 Å². The molecule has 0 aromatic heterocycles. The van der Waals surface area contributed by atoms with E-state index in [9.17, 15) is 4.39 Å². The highest BCUT2D eigenvalue weighted by Crippen LogP contribution is 2.36. The molecule has 2 N–H and O–H groups in total. The van der Waals surface area contributed by atoms with Gasteiger partial charge in [0.05, 0.1) is 10.0 Å². The lowest BCUT2D eigenvalue weighted by atomic mass is 10.1. The minimum Gasteiger partial charge on any atom is -0.454 e. The van der Waals surface area contributed by atoms with E-state index >= 15 is 0 Å². The summed E-state index contributed by atoms with van der Waals surface area (Å²) in [5.74, 6) is 0.441. The fourth-order valence-corrected chi connectivity index (χ4v) is 2.13. The second-order valence-electron chi connectivity index (χ2n) is 3.94. The number of hydrogen-bond acceptors (Lipinski definition) is 2. The second-order valence-corrected chi connectivity index (χ2v) is 4.76. The maximum absolute atomic E-state index is 13.0. The minimum absolute atomic E-state index is 0.193. The summed E-state index contributed by atoms with van der Waals surface area (Å²) < 4.78 is 18.7. The first-order chi connectivity index (χ1) is 9.11. The van der Waals surface area contributed by atoms with Gasteiger partial charge in [0, 0.05) is 0 Å². The Morgan fingerprint density at radius 2 is 1.89 bits per heavy atom. The van der Waals surface area contributed by atoms with E-state index in [1.54, 1.807) is 6.07 Å². The van der Waals surface area contributed by atoms with E-state index in [0.717, 1.165) is 5.56 Å². The molecule has 0 saturated heterocycles. The summed E-state index contributed by atoms with van der Waals surface area (Å²) in [6.45, 7) is 0.480. The molecule has 2 rings (SSSR count). The molecule has 0 radical (unpaired) electrons. The largest absolute Gasteiger partial charge is 0.454 e. The van der Waals surface area contributed by atoms with Gasteiger partial charge in [-0.05, 0) is 42.8 Å².